The normalized spacial score (nSPS) is 10.9. The van der Waals surface area contributed by atoms with Crippen LogP contribution in [0.15, 0.2) is 93.4 Å². The summed E-state index contributed by atoms with van der Waals surface area (Å²) >= 11 is 8.94. The largest absolute Gasteiger partial charge is 0.472 e. The number of carbonyl (C=O) groups excluding carboxylic acids is 1. The van der Waals surface area contributed by atoms with Crippen LogP contribution in [-0.2, 0) is 13.1 Å². The van der Waals surface area contributed by atoms with Crippen molar-refractivity contribution in [3.63, 3.8) is 0 Å². The van der Waals surface area contributed by atoms with Crippen LogP contribution in [0.5, 0.6) is 0 Å². The van der Waals surface area contributed by atoms with Crippen LogP contribution in [0.2, 0.25) is 4.34 Å². The van der Waals surface area contributed by atoms with Crippen molar-refractivity contribution in [3.05, 3.63) is 121 Å². The third-order valence-electron chi connectivity index (χ3n) is 6.32. The molecule has 1 aromatic carbocycles. The maximum absolute atomic E-state index is 13.9. The lowest BCUT2D eigenvalue weighted by molar-refractivity contribution is 0.0947. The summed E-state index contributed by atoms with van der Waals surface area (Å²) in [6.07, 6.45) is 4.36. The quantitative estimate of drug-likeness (QED) is 0.216. The van der Waals surface area contributed by atoms with Gasteiger partial charge in [-0.3, -0.25) is 9.59 Å². The van der Waals surface area contributed by atoms with Gasteiger partial charge in [-0.05, 0) is 29.8 Å². The van der Waals surface area contributed by atoms with Gasteiger partial charge in [-0.15, -0.1) is 22.7 Å². The molecule has 0 saturated carbocycles. The highest BCUT2D eigenvalue weighted by Gasteiger charge is 2.27. The number of pyridine rings is 1. The smallest absolute Gasteiger partial charge is 0.283 e. The Morgan fingerprint density at radius 1 is 1.15 bits per heavy atom. The van der Waals surface area contributed by atoms with E-state index in [2.05, 4.69) is 21.5 Å². The number of thiophene rings is 1. The molecule has 9 nitrogen and oxygen atoms in total. The molecule has 0 radical (unpaired) electrons. The van der Waals surface area contributed by atoms with Crippen LogP contribution < -0.4 is 10.9 Å². The van der Waals surface area contributed by atoms with Crippen molar-refractivity contribution < 1.29 is 9.21 Å². The van der Waals surface area contributed by atoms with E-state index in [4.69, 9.17) is 16.0 Å². The second-order valence-electron chi connectivity index (χ2n) is 8.86. The van der Waals surface area contributed by atoms with Crippen LogP contribution in [0.1, 0.15) is 26.5 Å². The standard InChI is InChI=1S/C29H19ClN6O3S2/c30-24-7-6-21(41-24)13-32-27-23(12-31)26(34-36(27)28(37)19-9-11-39-15-19)22-8-10-35(14-20-16-40-17-33-20)29(38)25(22)18-4-2-1-3-5-18/h1-11,15-17,32H,13-14H2. The number of anilines is 1. The molecule has 0 aliphatic carbocycles. The average Bonchev–Trinajstić information content (AvgIpc) is 3.81. The first kappa shape index (κ1) is 26.5. The van der Waals surface area contributed by atoms with Crippen LogP contribution in [0.4, 0.5) is 5.82 Å². The number of thiazole rings is 1. The second-order valence-corrected chi connectivity index (χ2v) is 11.4. The van der Waals surface area contributed by atoms with E-state index in [0.29, 0.717) is 27.6 Å². The van der Waals surface area contributed by atoms with Gasteiger partial charge in [-0.1, -0.05) is 41.9 Å². The Hall–Kier alpha value is -4.76. The van der Waals surface area contributed by atoms with Gasteiger partial charge in [0.2, 0.25) is 0 Å². The molecule has 12 heteroatoms. The fraction of sp³-hybridized carbons (Fsp3) is 0.0690. The van der Waals surface area contributed by atoms with Crippen molar-refractivity contribution in [2.75, 3.05) is 5.32 Å². The van der Waals surface area contributed by atoms with E-state index in [1.165, 1.54) is 41.3 Å². The summed E-state index contributed by atoms with van der Waals surface area (Å²) in [5, 5.41) is 20.1. The highest BCUT2D eigenvalue weighted by Crippen LogP contribution is 2.35. The Bertz CT molecular complexity index is 1930. The summed E-state index contributed by atoms with van der Waals surface area (Å²) in [6, 6.07) is 18.3. The number of nitrogens with one attached hydrogen (secondary N) is 1. The molecule has 202 valence electrons. The van der Waals surface area contributed by atoms with Gasteiger partial charge >= 0.3 is 0 Å². The Morgan fingerprint density at radius 3 is 2.68 bits per heavy atom. The molecule has 0 saturated heterocycles. The van der Waals surface area contributed by atoms with Crippen molar-refractivity contribution in [2.45, 2.75) is 13.1 Å². The molecular formula is C29H19ClN6O3S2. The number of nitrogens with zero attached hydrogens (tertiary/aromatic N) is 5. The maximum atomic E-state index is 13.9. The molecular weight excluding hydrogens is 580 g/mol. The van der Waals surface area contributed by atoms with E-state index in [9.17, 15) is 14.9 Å². The molecule has 0 spiro atoms. The molecule has 0 unspecified atom stereocenters. The molecule has 6 rings (SSSR count). The van der Waals surface area contributed by atoms with Crippen LogP contribution in [0.25, 0.3) is 22.4 Å². The summed E-state index contributed by atoms with van der Waals surface area (Å²) < 4.78 is 8.45. The molecule has 0 fully saturated rings. The molecule has 1 N–H and O–H groups in total. The van der Waals surface area contributed by atoms with E-state index in [-0.39, 0.29) is 34.7 Å². The highest BCUT2D eigenvalue weighted by molar-refractivity contribution is 7.16. The van der Waals surface area contributed by atoms with E-state index in [0.717, 1.165) is 15.3 Å². The molecule has 0 amide bonds. The number of hydrogen-bond donors (Lipinski definition) is 1. The minimum absolute atomic E-state index is 0.123. The lowest BCUT2D eigenvalue weighted by Gasteiger charge is -2.12. The minimum Gasteiger partial charge on any atom is -0.472 e. The maximum Gasteiger partial charge on any atom is 0.283 e. The first-order valence-corrected chi connectivity index (χ1v) is 14.4. The molecule has 41 heavy (non-hydrogen) atoms. The van der Waals surface area contributed by atoms with E-state index in [1.807, 2.05) is 41.8 Å². The number of furan rings is 1. The van der Waals surface area contributed by atoms with Gasteiger partial charge in [0.1, 0.15) is 23.6 Å². The predicted octanol–water partition coefficient (Wildman–Crippen LogP) is 6.36. The van der Waals surface area contributed by atoms with Gasteiger partial charge in [0.05, 0.1) is 46.0 Å². The SMILES string of the molecule is N#Cc1c(-c2ccn(Cc3cscn3)c(=O)c2-c2ccccc2)nn(C(=O)c2ccoc2)c1NCc1ccc(Cl)s1. The second kappa shape index (κ2) is 11.4. The fourth-order valence-electron chi connectivity index (χ4n) is 4.42. The molecule has 0 atom stereocenters. The van der Waals surface area contributed by atoms with Gasteiger partial charge in [0, 0.05) is 22.0 Å². The third-order valence-corrected chi connectivity index (χ3v) is 8.18. The summed E-state index contributed by atoms with van der Waals surface area (Å²) in [7, 11) is 0. The fourth-order valence-corrected chi connectivity index (χ4v) is 6.00. The summed E-state index contributed by atoms with van der Waals surface area (Å²) in [5.41, 5.74) is 4.22. The molecule has 5 heterocycles. The number of halogens is 1. The predicted molar refractivity (Wildman–Crippen MR) is 158 cm³/mol. The van der Waals surface area contributed by atoms with Gasteiger partial charge in [-0.25, -0.2) is 4.98 Å². The lowest BCUT2D eigenvalue weighted by Crippen LogP contribution is -2.22. The summed E-state index contributed by atoms with van der Waals surface area (Å²) in [6.45, 7) is 0.591. The minimum atomic E-state index is -0.494. The van der Waals surface area contributed by atoms with Crippen molar-refractivity contribution in [1.82, 2.24) is 19.3 Å². The van der Waals surface area contributed by atoms with E-state index in [1.54, 1.807) is 28.4 Å². The zero-order chi connectivity index (χ0) is 28.3. The molecule has 5 aromatic heterocycles. The van der Waals surface area contributed by atoms with Crippen molar-refractivity contribution in [2.24, 2.45) is 0 Å². The van der Waals surface area contributed by atoms with Crippen molar-refractivity contribution in [3.8, 4) is 28.5 Å². The number of nitriles is 1. The first-order valence-electron chi connectivity index (χ1n) is 12.3. The monoisotopic (exact) mass is 598 g/mol. The van der Waals surface area contributed by atoms with Crippen molar-refractivity contribution >= 4 is 46.0 Å². The number of benzene rings is 1. The van der Waals surface area contributed by atoms with E-state index >= 15 is 0 Å². The van der Waals surface area contributed by atoms with Crippen LogP contribution >= 0.6 is 34.3 Å². The van der Waals surface area contributed by atoms with Gasteiger partial charge in [0.25, 0.3) is 11.5 Å². The topological polar surface area (TPSA) is 119 Å². The number of aromatic nitrogens is 4. The Morgan fingerprint density at radius 2 is 2.00 bits per heavy atom. The molecule has 6 aromatic rings. The van der Waals surface area contributed by atoms with Gasteiger partial charge in [-0.2, -0.15) is 15.0 Å². The van der Waals surface area contributed by atoms with Crippen LogP contribution in [-0.4, -0.2) is 25.2 Å². The van der Waals surface area contributed by atoms with Gasteiger partial charge < -0.3 is 14.3 Å². The Labute approximate surface area is 246 Å². The third kappa shape index (κ3) is 5.24. The van der Waals surface area contributed by atoms with Crippen LogP contribution in [0.3, 0.4) is 0 Å². The molecule has 0 aliphatic rings. The zero-order valence-corrected chi connectivity index (χ0v) is 23.5. The van der Waals surface area contributed by atoms with Crippen molar-refractivity contribution in [1.29, 1.82) is 5.26 Å². The Kier molecular flexibility index (Phi) is 7.35. The van der Waals surface area contributed by atoms with Gasteiger partial charge in [0.15, 0.2) is 5.82 Å². The Balaban J connectivity index is 1.54. The lowest BCUT2D eigenvalue weighted by atomic mass is 9.97. The van der Waals surface area contributed by atoms with E-state index < -0.39 is 5.91 Å². The molecule has 0 aliphatic heterocycles. The molecule has 0 bridgehead atoms. The zero-order valence-electron chi connectivity index (χ0n) is 21.2. The number of rotatable bonds is 8. The summed E-state index contributed by atoms with van der Waals surface area (Å²) in [5.74, 6) is -0.296. The van der Waals surface area contributed by atoms with Crippen LogP contribution in [0, 0.1) is 11.3 Å². The number of hydrogen-bond acceptors (Lipinski definition) is 9. The average molecular weight is 599 g/mol. The highest BCUT2D eigenvalue weighted by atomic mass is 35.5. The first-order chi connectivity index (χ1) is 20.0. The summed E-state index contributed by atoms with van der Waals surface area (Å²) in [4.78, 5) is 32.7. The number of carbonyl (C=O) groups is 1.